The molecule has 0 radical (unpaired) electrons. The molecule has 16 heavy (non-hydrogen) atoms. The Morgan fingerprint density at radius 1 is 1.69 bits per heavy atom. The van der Waals surface area contributed by atoms with Crippen molar-refractivity contribution in [3.05, 3.63) is 18.0 Å². The van der Waals surface area contributed by atoms with Crippen LogP contribution in [0.1, 0.15) is 25.0 Å². The molecule has 1 heterocycles. The van der Waals surface area contributed by atoms with E-state index in [2.05, 4.69) is 10.4 Å². The first-order chi connectivity index (χ1) is 7.66. The number of aryl methyl sites for hydroxylation is 1. The summed E-state index contributed by atoms with van der Waals surface area (Å²) < 4.78 is 1.78. The normalized spacial score (nSPS) is 24.8. The first kappa shape index (κ1) is 11.1. The first-order valence-corrected chi connectivity index (χ1v) is 5.68. The zero-order chi connectivity index (χ0) is 11.5. The molecule has 0 aliphatic heterocycles. The Morgan fingerprint density at radius 3 is 3.12 bits per heavy atom. The second-order valence-corrected chi connectivity index (χ2v) is 4.41. The maximum atomic E-state index is 11.2. The second-order valence-electron chi connectivity index (χ2n) is 4.41. The van der Waals surface area contributed by atoms with Gasteiger partial charge in [-0.2, -0.15) is 5.10 Å². The molecule has 1 aliphatic rings. The smallest absolute Gasteiger partial charge is 0.222 e. The summed E-state index contributed by atoms with van der Waals surface area (Å²) in [6, 6.07) is 2.20. The van der Waals surface area contributed by atoms with Crippen LogP contribution < -0.4 is 11.1 Å². The monoisotopic (exact) mass is 222 g/mol. The summed E-state index contributed by atoms with van der Waals surface area (Å²) in [4.78, 5) is 11.2. The lowest BCUT2D eigenvalue weighted by atomic mass is 10.0. The highest BCUT2D eigenvalue weighted by Gasteiger charge is 2.30. The molecule has 1 aromatic rings. The summed E-state index contributed by atoms with van der Waals surface area (Å²) in [6.07, 6.45) is 4.93. The van der Waals surface area contributed by atoms with Gasteiger partial charge in [-0.1, -0.05) is 6.42 Å². The van der Waals surface area contributed by atoms with Crippen molar-refractivity contribution in [3.8, 4) is 0 Å². The number of nitrogens with one attached hydrogen (secondary N) is 1. The number of hydrogen-bond acceptors (Lipinski definition) is 3. The zero-order valence-corrected chi connectivity index (χ0v) is 9.52. The molecule has 0 spiro atoms. The van der Waals surface area contributed by atoms with Gasteiger partial charge >= 0.3 is 0 Å². The third kappa shape index (κ3) is 2.41. The number of carbonyl (C=O) groups is 1. The Bertz CT molecular complexity index is 374. The number of rotatable bonds is 4. The molecule has 2 unspecified atom stereocenters. The molecule has 0 saturated heterocycles. The van der Waals surface area contributed by atoms with Crippen LogP contribution in [0.3, 0.4) is 0 Å². The van der Waals surface area contributed by atoms with Crippen molar-refractivity contribution in [2.24, 2.45) is 18.7 Å². The fraction of sp³-hybridized carbons (Fsp3) is 0.636. The van der Waals surface area contributed by atoms with Gasteiger partial charge in [-0.15, -0.1) is 0 Å². The van der Waals surface area contributed by atoms with E-state index in [4.69, 9.17) is 5.73 Å². The predicted molar refractivity (Wildman–Crippen MR) is 60.4 cm³/mol. The molecule has 1 amide bonds. The van der Waals surface area contributed by atoms with E-state index in [1.54, 1.807) is 4.68 Å². The van der Waals surface area contributed by atoms with Crippen LogP contribution in [-0.4, -0.2) is 21.7 Å². The minimum atomic E-state index is -0.184. The van der Waals surface area contributed by atoms with Crippen molar-refractivity contribution in [3.63, 3.8) is 0 Å². The lowest BCUT2D eigenvalue weighted by molar-refractivity contribution is -0.122. The highest BCUT2D eigenvalue weighted by molar-refractivity contribution is 5.77. The van der Waals surface area contributed by atoms with Gasteiger partial charge in [-0.3, -0.25) is 9.48 Å². The molecule has 1 fully saturated rings. The molecule has 1 aliphatic carbocycles. The fourth-order valence-electron chi connectivity index (χ4n) is 2.34. The molecule has 0 bridgehead atoms. The van der Waals surface area contributed by atoms with Gasteiger partial charge in [0.05, 0.1) is 11.6 Å². The van der Waals surface area contributed by atoms with Crippen LogP contribution >= 0.6 is 0 Å². The number of carbonyl (C=O) groups excluding carboxylic acids is 1. The standard InChI is InChI=1S/C11H18N4O/c1-15-6-5-8(14-15)7-13-10-4-2-3-9(10)11(12)16/h5-6,9-10,13H,2-4,7H2,1H3,(H2,12,16). The maximum Gasteiger partial charge on any atom is 0.222 e. The maximum absolute atomic E-state index is 11.2. The highest BCUT2D eigenvalue weighted by Crippen LogP contribution is 2.25. The molecule has 3 N–H and O–H groups in total. The summed E-state index contributed by atoms with van der Waals surface area (Å²) in [7, 11) is 1.89. The van der Waals surface area contributed by atoms with Crippen LogP contribution in [0, 0.1) is 5.92 Å². The van der Waals surface area contributed by atoms with Gasteiger partial charge in [-0.05, 0) is 18.9 Å². The molecular formula is C11H18N4O. The van der Waals surface area contributed by atoms with E-state index in [0.717, 1.165) is 25.0 Å². The van der Waals surface area contributed by atoms with E-state index >= 15 is 0 Å². The summed E-state index contributed by atoms with van der Waals surface area (Å²) in [5.74, 6) is -0.195. The number of nitrogens with two attached hydrogens (primary N) is 1. The minimum Gasteiger partial charge on any atom is -0.369 e. The lowest BCUT2D eigenvalue weighted by Gasteiger charge is -2.17. The zero-order valence-electron chi connectivity index (χ0n) is 9.52. The summed E-state index contributed by atoms with van der Waals surface area (Å²) >= 11 is 0. The van der Waals surface area contributed by atoms with E-state index in [0.29, 0.717) is 6.54 Å². The number of amides is 1. The Balaban J connectivity index is 1.87. The van der Waals surface area contributed by atoms with Gasteiger partial charge < -0.3 is 11.1 Å². The molecule has 2 atom stereocenters. The Kier molecular flexibility index (Phi) is 3.24. The van der Waals surface area contributed by atoms with Crippen molar-refractivity contribution in [2.75, 3.05) is 0 Å². The molecular weight excluding hydrogens is 204 g/mol. The largest absolute Gasteiger partial charge is 0.369 e. The minimum absolute atomic E-state index is 0.0105. The SMILES string of the molecule is Cn1ccc(CNC2CCCC2C(N)=O)n1. The summed E-state index contributed by atoms with van der Waals surface area (Å²) in [6.45, 7) is 0.704. The van der Waals surface area contributed by atoms with Crippen molar-refractivity contribution in [1.29, 1.82) is 0 Å². The topological polar surface area (TPSA) is 72.9 Å². The summed E-state index contributed by atoms with van der Waals surface area (Å²) in [5.41, 5.74) is 6.36. The van der Waals surface area contributed by atoms with Crippen LogP contribution in [0.5, 0.6) is 0 Å². The van der Waals surface area contributed by atoms with Gasteiger partial charge in [-0.25, -0.2) is 0 Å². The number of nitrogens with zero attached hydrogens (tertiary/aromatic N) is 2. The lowest BCUT2D eigenvalue weighted by Crippen LogP contribution is -2.38. The van der Waals surface area contributed by atoms with Crippen molar-refractivity contribution >= 4 is 5.91 Å². The van der Waals surface area contributed by atoms with Crippen molar-refractivity contribution < 1.29 is 4.79 Å². The second kappa shape index (κ2) is 4.65. The van der Waals surface area contributed by atoms with E-state index in [1.165, 1.54) is 0 Å². The van der Waals surface area contributed by atoms with Crippen LogP contribution in [0.2, 0.25) is 0 Å². The molecule has 1 saturated carbocycles. The van der Waals surface area contributed by atoms with Crippen molar-refractivity contribution in [1.82, 2.24) is 15.1 Å². The average Bonchev–Trinajstić information content (AvgIpc) is 2.83. The van der Waals surface area contributed by atoms with E-state index in [9.17, 15) is 4.79 Å². The van der Waals surface area contributed by atoms with Crippen LogP contribution in [0.15, 0.2) is 12.3 Å². The van der Waals surface area contributed by atoms with Crippen LogP contribution in [0.4, 0.5) is 0 Å². The molecule has 5 nitrogen and oxygen atoms in total. The Hall–Kier alpha value is -1.36. The van der Waals surface area contributed by atoms with Gasteiger partial charge in [0.1, 0.15) is 0 Å². The molecule has 0 aromatic carbocycles. The molecule has 2 rings (SSSR count). The van der Waals surface area contributed by atoms with E-state index in [1.807, 2.05) is 19.3 Å². The van der Waals surface area contributed by atoms with E-state index in [-0.39, 0.29) is 17.9 Å². The third-order valence-electron chi connectivity index (χ3n) is 3.20. The molecule has 5 heteroatoms. The average molecular weight is 222 g/mol. The molecule has 88 valence electrons. The van der Waals surface area contributed by atoms with Crippen molar-refractivity contribution in [2.45, 2.75) is 31.8 Å². The van der Waals surface area contributed by atoms with E-state index < -0.39 is 0 Å². The van der Waals surface area contributed by atoms with Crippen LogP contribution in [0.25, 0.3) is 0 Å². The first-order valence-electron chi connectivity index (χ1n) is 5.68. The highest BCUT2D eigenvalue weighted by atomic mass is 16.1. The van der Waals surface area contributed by atoms with Gasteiger partial charge in [0.25, 0.3) is 0 Å². The Labute approximate surface area is 95.0 Å². The van der Waals surface area contributed by atoms with Gasteiger partial charge in [0.15, 0.2) is 0 Å². The number of hydrogen-bond donors (Lipinski definition) is 2. The number of primary amides is 1. The third-order valence-corrected chi connectivity index (χ3v) is 3.20. The fourth-order valence-corrected chi connectivity index (χ4v) is 2.34. The predicted octanol–water partition coefficient (Wildman–Crippen LogP) is 0.164. The quantitative estimate of drug-likeness (QED) is 0.762. The van der Waals surface area contributed by atoms with Crippen LogP contribution in [-0.2, 0) is 18.4 Å². The molecule has 1 aromatic heterocycles. The number of aromatic nitrogens is 2. The van der Waals surface area contributed by atoms with Gasteiger partial charge in [0, 0.05) is 25.8 Å². The summed E-state index contributed by atoms with van der Waals surface area (Å²) in [5, 5.41) is 7.65. The Morgan fingerprint density at radius 2 is 2.50 bits per heavy atom. The van der Waals surface area contributed by atoms with Gasteiger partial charge in [0.2, 0.25) is 5.91 Å².